The van der Waals surface area contributed by atoms with Crippen molar-refractivity contribution < 1.29 is 9.15 Å². The molecule has 26 heavy (non-hydrogen) atoms. The Morgan fingerprint density at radius 3 is 3.00 bits per heavy atom. The Bertz CT molecular complexity index is 854. The van der Waals surface area contributed by atoms with E-state index in [-0.39, 0.29) is 0 Å². The molecular weight excluding hydrogens is 322 g/mol. The highest BCUT2D eigenvalue weighted by molar-refractivity contribution is 5.83. The van der Waals surface area contributed by atoms with E-state index in [1.54, 1.807) is 7.11 Å². The summed E-state index contributed by atoms with van der Waals surface area (Å²) in [7, 11) is 1.74. The van der Waals surface area contributed by atoms with Crippen LogP contribution in [0.15, 0.2) is 59.2 Å². The average Bonchev–Trinajstić information content (AvgIpc) is 3.12. The van der Waals surface area contributed by atoms with E-state index >= 15 is 0 Å². The van der Waals surface area contributed by atoms with Crippen molar-refractivity contribution in [1.82, 2.24) is 4.90 Å². The number of hydrogen-bond donors (Lipinski definition) is 0. The lowest BCUT2D eigenvalue weighted by molar-refractivity contribution is 0.204. The topological polar surface area (TPSA) is 25.6 Å². The van der Waals surface area contributed by atoms with Crippen LogP contribution in [0.1, 0.15) is 36.5 Å². The van der Waals surface area contributed by atoms with Gasteiger partial charge in [-0.2, -0.15) is 0 Å². The Labute approximate surface area is 155 Å². The molecule has 136 valence electrons. The molecule has 0 aliphatic carbocycles. The molecule has 0 amide bonds. The maximum atomic E-state index is 5.79. The van der Waals surface area contributed by atoms with Crippen LogP contribution in [0.25, 0.3) is 10.8 Å². The first-order chi connectivity index (χ1) is 12.8. The minimum atomic E-state index is 0.614. The molecular formula is C23H27NO2. The van der Waals surface area contributed by atoms with Gasteiger partial charge in [-0.05, 0) is 56.0 Å². The van der Waals surface area contributed by atoms with E-state index in [1.165, 1.54) is 35.7 Å². The molecule has 3 aromatic rings. The summed E-state index contributed by atoms with van der Waals surface area (Å²) in [6.07, 6.45) is 6.57. The second kappa shape index (κ2) is 7.96. The van der Waals surface area contributed by atoms with Crippen LogP contribution in [0.4, 0.5) is 0 Å². The molecule has 0 radical (unpaired) electrons. The summed E-state index contributed by atoms with van der Waals surface area (Å²) in [5.41, 5.74) is 1.41. The summed E-state index contributed by atoms with van der Waals surface area (Å²) >= 11 is 0. The largest absolute Gasteiger partial charge is 0.497 e. The van der Waals surface area contributed by atoms with Crippen molar-refractivity contribution in [1.29, 1.82) is 0 Å². The van der Waals surface area contributed by atoms with Gasteiger partial charge >= 0.3 is 0 Å². The second-order valence-electron chi connectivity index (χ2n) is 7.27. The smallest absolute Gasteiger partial charge is 0.119 e. The first kappa shape index (κ1) is 17.2. The fourth-order valence-electron chi connectivity index (χ4n) is 4.13. The van der Waals surface area contributed by atoms with Gasteiger partial charge in [-0.1, -0.05) is 36.4 Å². The van der Waals surface area contributed by atoms with Crippen LogP contribution in [0, 0.1) is 0 Å². The number of benzene rings is 2. The number of furan rings is 1. The summed E-state index contributed by atoms with van der Waals surface area (Å²) < 4.78 is 11.2. The summed E-state index contributed by atoms with van der Waals surface area (Å²) in [6.45, 7) is 3.49. The lowest BCUT2D eigenvalue weighted by atomic mass is 9.90. The zero-order valence-electron chi connectivity index (χ0n) is 15.5. The first-order valence-corrected chi connectivity index (χ1v) is 9.65. The number of hydrogen-bond acceptors (Lipinski definition) is 3. The van der Waals surface area contributed by atoms with Gasteiger partial charge < -0.3 is 14.1 Å². The number of fused-ring (bicyclic) bond motifs is 1. The Morgan fingerprint density at radius 2 is 2.08 bits per heavy atom. The maximum Gasteiger partial charge on any atom is 0.119 e. The summed E-state index contributed by atoms with van der Waals surface area (Å²) in [5.74, 6) is 2.70. The fraction of sp³-hybridized carbons (Fsp3) is 0.391. The summed E-state index contributed by atoms with van der Waals surface area (Å²) in [6, 6.07) is 17.0. The van der Waals surface area contributed by atoms with Crippen LogP contribution < -0.4 is 4.74 Å². The van der Waals surface area contributed by atoms with Crippen LogP contribution in [0.2, 0.25) is 0 Å². The van der Waals surface area contributed by atoms with E-state index in [0.29, 0.717) is 5.92 Å². The number of methoxy groups -OCH3 is 1. The molecule has 0 N–H and O–H groups in total. The quantitative estimate of drug-likeness (QED) is 0.607. The van der Waals surface area contributed by atoms with E-state index in [2.05, 4.69) is 47.4 Å². The number of nitrogens with zero attached hydrogens (tertiary/aromatic N) is 1. The molecule has 0 bridgehead atoms. The minimum absolute atomic E-state index is 0.614. The van der Waals surface area contributed by atoms with Gasteiger partial charge in [0.25, 0.3) is 0 Å². The molecule has 0 spiro atoms. The van der Waals surface area contributed by atoms with Gasteiger partial charge in [0.15, 0.2) is 0 Å². The second-order valence-corrected chi connectivity index (χ2v) is 7.27. The van der Waals surface area contributed by atoms with Gasteiger partial charge in [0, 0.05) is 23.7 Å². The summed E-state index contributed by atoms with van der Waals surface area (Å²) in [5, 5.41) is 2.47. The van der Waals surface area contributed by atoms with Crippen molar-refractivity contribution in [2.75, 3.05) is 26.7 Å². The lowest BCUT2D eigenvalue weighted by Crippen LogP contribution is -2.35. The molecule has 3 nitrogen and oxygen atoms in total. The lowest BCUT2D eigenvalue weighted by Gasteiger charge is -2.33. The highest BCUT2D eigenvalue weighted by atomic mass is 16.5. The third-order valence-electron chi connectivity index (χ3n) is 5.54. The number of piperidine rings is 1. The highest BCUT2D eigenvalue weighted by Gasteiger charge is 2.21. The minimum Gasteiger partial charge on any atom is -0.497 e. The van der Waals surface area contributed by atoms with Crippen molar-refractivity contribution in [2.45, 2.75) is 31.6 Å². The first-order valence-electron chi connectivity index (χ1n) is 9.65. The van der Waals surface area contributed by atoms with Crippen molar-refractivity contribution in [2.24, 2.45) is 0 Å². The maximum absolute atomic E-state index is 5.79. The molecule has 3 heteroatoms. The molecule has 1 fully saturated rings. The number of rotatable bonds is 6. The van der Waals surface area contributed by atoms with E-state index < -0.39 is 0 Å². The molecule has 1 atom stereocenters. The predicted octanol–water partition coefficient (Wildman–Crippen LogP) is 5.25. The fourth-order valence-corrected chi connectivity index (χ4v) is 4.13. The van der Waals surface area contributed by atoms with Crippen LogP contribution in [0.3, 0.4) is 0 Å². The molecule has 4 rings (SSSR count). The van der Waals surface area contributed by atoms with Crippen LogP contribution in [0.5, 0.6) is 5.75 Å². The molecule has 1 saturated heterocycles. The SMILES string of the molecule is COc1cccc(C2CCCN(CCCc3occ4ccccc34)C2)c1. The zero-order chi connectivity index (χ0) is 17.8. The van der Waals surface area contributed by atoms with Gasteiger partial charge in [0.2, 0.25) is 0 Å². The van der Waals surface area contributed by atoms with Crippen molar-refractivity contribution in [3.63, 3.8) is 0 Å². The van der Waals surface area contributed by atoms with E-state index in [9.17, 15) is 0 Å². The third-order valence-corrected chi connectivity index (χ3v) is 5.54. The molecule has 2 aromatic carbocycles. The number of aryl methyl sites for hydroxylation is 1. The standard InChI is InChI=1S/C23H27NO2/c1-25-21-10-4-8-18(15-21)19-9-5-13-24(16-19)14-6-12-23-22-11-3-2-7-20(22)17-26-23/h2-4,7-8,10-11,15,17,19H,5-6,9,12-14,16H2,1H3. The van der Waals surface area contributed by atoms with E-state index in [0.717, 1.165) is 37.4 Å². The van der Waals surface area contributed by atoms with Gasteiger partial charge in [-0.3, -0.25) is 0 Å². The Kier molecular flexibility index (Phi) is 5.26. The Morgan fingerprint density at radius 1 is 1.15 bits per heavy atom. The van der Waals surface area contributed by atoms with Gasteiger partial charge in [0.1, 0.15) is 11.5 Å². The summed E-state index contributed by atoms with van der Waals surface area (Å²) in [4.78, 5) is 2.61. The van der Waals surface area contributed by atoms with Gasteiger partial charge in [0.05, 0.1) is 13.4 Å². The molecule has 1 unspecified atom stereocenters. The molecule has 1 aliphatic rings. The van der Waals surface area contributed by atoms with E-state index in [4.69, 9.17) is 9.15 Å². The molecule has 1 aliphatic heterocycles. The van der Waals surface area contributed by atoms with Crippen molar-refractivity contribution in [3.8, 4) is 5.75 Å². The zero-order valence-corrected chi connectivity index (χ0v) is 15.5. The van der Waals surface area contributed by atoms with Crippen LogP contribution >= 0.6 is 0 Å². The van der Waals surface area contributed by atoms with Crippen LogP contribution in [-0.4, -0.2) is 31.6 Å². The van der Waals surface area contributed by atoms with Crippen molar-refractivity contribution >= 4 is 10.8 Å². The monoisotopic (exact) mass is 349 g/mol. The van der Waals surface area contributed by atoms with Gasteiger partial charge in [-0.25, -0.2) is 0 Å². The molecule has 2 heterocycles. The average molecular weight is 349 g/mol. The predicted molar refractivity (Wildman–Crippen MR) is 106 cm³/mol. The third kappa shape index (κ3) is 3.78. The van der Waals surface area contributed by atoms with Gasteiger partial charge in [-0.15, -0.1) is 0 Å². The molecule has 1 aromatic heterocycles. The highest BCUT2D eigenvalue weighted by Crippen LogP contribution is 2.29. The van der Waals surface area contributed by atoms with Crippen molar-refractivity contribution in [3.05, 3.63) is 66.1 Å². The normalized spacial score (nSPS) is 18.3. The Balaban J connectivity index is 1.33. The Hall–Kier alpha value is -2.26. The van der Waals surface area contributed by atoms with Crippen LogP contribution in [-0.2, 0) is 6.42 Å². The number of ether oxygens (including phenoxy) is 1. The van der Waals surface area contributed by atoms with E-state index in [1.807, 2.05) is 12.3 Å². The molecule has 0 saturated carbocycles. The number of likely N-dealkylation sites (tertiary alicyclic amines) is 1.